The lowest BCUT2D eigenvalue weighted by molar-refractivity contribution is 0.0157. The van der Waals surface area contributed by atoms with Crippen LogP contribution in [0.15, 0.2) is 0 Å². The molecule has 3 heteroatoms. The van der Waals surface area contributed by atoms with E-state index in [-0.39, 0.29) is 0 Å². The molecule has 1 heterocycles. The average Bonchev–Trinajstić information content (AvgIpc) is 2.61. The largest absolute Gasteiger partial charge is 0.381 e. The molecule has 112 valence electrons. The van der Waals surface area contributed by atoms with Gasteiger partial charge in [0, 0.05) is 31.8 Å². The summed E-state index contributed by atoms with van der Waals surface area (Å²) < 4.78 is 5.61. The van der Waals surface area contributed by atoms with Crippen LogP contribution in [0.5, 0.6) is 0 Å². The molecule has 2 rings (SSSR count). The standard InChI is InChI=1S/C16H32N2O/c1-4-6-14-12-18(13(2)9-10-17-14)15-7-5-8-16(11-15)19-3/h13-17H,4-12H2,1-3H3. The zero-order valence-corrected chi connectivity index (χ0v) is 13.0. The van der Waals surface area contributed by atoms with E-state index < -0.39 is 0 Å². The van der Waals surface area contributed by atoms with Crippen molar-refractivity contribution >= 4 is 0 Å². The van der Waals surface area contributed by atoms with Crippen molar-refractivity contribution < 1.29 is 4.74 Å². The molecule has 2 fully saturated rings. The fourth-order valence-corrected chi connectivity index (χ4v) is 3.85. The zero-order chi connectivity index (χ0) is 13.7. The smallest absolute Gasteiger partial charge is 0.0586 e. The highest BCUT2D eigenvalue weighted by molar-refractivity contribution is 4.88. The Hall–Kier alpha value is -0.120. The van der Waals surface area contributed by atoms with Crippen molar-refractivity contribution in [3.63, 3.8) is 0 Å². The highest BCUT2D eigenvalue weighted by atomic mass is 16.5. The number of nitrogens with one attached hydrogen (secondary N) is 1. The monoisotopic (exact) mass is 268 g/mol. The summed E-state index contributed by atoms with van der Waals surface area (Å²) in [6.07, 6.45) is 9.56. The average molecular weight is 268 g/mol. The third kappa shape index (κ3) is 4.17. The molecule has 1 saturated heterocycles. The van der Waals surface area contributed by atoms with Crippen molar-refractivity contribution in [3.8, 4) is 0 Å². The lowest BCUT2D eigenvalue weighted by Gasteiger charge is -2.40. The van der Waals surface area contributed by atoms with Crippen LogP contribution in [0.3, 0.4) is 0 Å². The molecule has 0 radical (unpaired) electrons. The molecular weight excluding hydrogens is 236 g/mol. The maximum atomic E-state index is 5.61. The van der Waals surface area contributed by atoms with Gasteiger partial charge in [-0.15, -0.1) is 0 Å². The summed E-state index contributed by atoms with van der Waals surface area (Å²) >= 11 is 0. The van der Waals surface area contributed by atoms with Crippen molar-refractivity contribution in [2.75, 3.05) is 20.2 Å². The van der Waals surface area contributed by atoms with Gasteiger partial charge in [0.1, 0.15) is 0 Å². The minimum atomic E-state index is 0.492. The molecule has 3 nitrogen and oxygen atoms in total. The van der Waals surface area contributed by atoms with Crippen molar-refractivity contribution in [2.45, 2.75) is 83.0 Å². The Balaban J connectivity index is 1.97. The molecule has 4 unspecified atom stereocenters. The maximum absolute atomic E-state index is 5.61. The van der Waals surface area contributed by atoms with E-state index in [1.807, 2.05) is 7.11 Å². The van der Waals surface area contributed by atoms with Gasteiger partial charge in [0.05, 0.1) is 6.10 Å². The van der Waals surface area contributed by atoms with E-state index in [0.29, 0.717) is 12.1 Å². The van der Waals surface area contributed by atoms with Crippen LogP contribution in [-0.4, -0.2) is 49.3 Å². The van der Waals surface area contributed by atoms with Crippen LogP contribution in [0, 0.1) is 0 Å². The molecule has 4 atom stereocenters. The van der Waals surface area contributed by atoms with Gasteiger partial charge in [0.25, 0.3) is 0 Å². The first-order valence-electron chi connectivity index (χ1n) is 8.26. The van der Waals surface area contributed by atoms with Crippen LogP contribution < -0.4 is 5.32 Å². The van der Waals surface area contributed by atoms with E-state index >= 15 is 0 Å². The van der Waals surface area contributed by atoms with Crippen molar-refractivity contribution in [3.05, 3.63) is 0 Å². The van der Waals surface area contributed by atoms with Crippen LogP contribution in [-0.2, 0) is 4.74 Å². The van der Waals surface area contributed by atoms with E-state index in [1.54, 1.807) is 0 Å². The molecular formula is C16H32N2O. The Morgan fingerprint density at radius 2 is 2.11 bits per heavy atom. The molecule has 0 aromatic rings. The second-order valence-electron chi connectivity index (χ2n) is 6.45. The second kappa shape index (κ2) is 7.61. The van der Waals surface area contributed by atoms with E-state index in [1.165, 1.54) is 58.0 Å². The highest BCUT2D eigenvalue weighted by Gasteiger charge is 2.32. The molecule has 0 amide bonds. The first-order chi connectivity index (χ1) is 9.24. The highest BCUT2D eigenvalue weighted by Crippen LogP contribution is 2.28. The van der Waals surface area contributed by atoms with Gasteiger partial charge in [-0.05, 0) is 52.0 Å². The number of methoxy groups -OCH3 is 1. The number of hydrogen-bond donors (Lipinski definition) is 1. The number of nitrogens with zero attached hydrogens (tertiary/aromatic N) is 1. The minimum Gasteiger partial charge on any atom is -0.381 e. The molecule has 1 N–H and O–H groups in total. The van der Waals surface area contributed by atoms with Gasteiger partial charge in [-0.2, -0.15) is 0 Å². The molecule has 0 bridgehead atoms. The summed E-state index contributed by atoms with van der Waals surface area (Å²) in [5, 5.41) is 3.73. The SMILES string of the molecule is CCCC1CN(C2CCCC(OC)C2)C(C)CCN1. The molecule has 1 aliphatic heterocycles. The van der Waals surface area contributed by atoms with E-state index in [4.69, 9.17) is 4.74 Å². The maximum Gasteiger partial charge on any atom is 0.0586 e. The van der Waals surface area contributed by atoms with Crippen LogP contribution in [0.1, 0.15) is 58.8 Å². The first kappa shape index (κ1) is 15.3. The molecule has 0 aromatic heterocycles. The van der Waals surface area contributed by atoms with Gasteiger partial charge < -0.3 is 10.1 Å². The number of hydrogen-bond acceptors (Lipinski definition) is 3. The summed E-state index contributed by atoms with van der Waals surface area (Å²) in [6, 6.07) is 2.15. The normalized spacial score (nSPS) is 38.1. The molecule has 2 aliphatic rings. The molecule has 1 aliphatic carbocycles. The van der Waals surface area contributed by atoms with Crippen molar-refractivity contribution in [2.24, 2.45) is 0 Å². The van der Waals surface area contributed by atoms with Crippen LogP contribution >= 0.6 is 0 Å². The lowest BCUT2D eigenvalue weighted by atomic mass is 9.90. The Morgan fingerprint density at radius 3 is 2.84 bits per heavy atom. The second-order valence-corrected chi connectivity index (χ2v) is 6.45. The van der Waals surface area contributed by atoms with Gasteiger partial charge in [-0.1, -0.05) is 13.3 Å². The van der Waals surface area contributed by atoms with Crippen molar-refractivity contribution in [1.82, 2.24) is 10.2 Å². The predicted octanol–water partition coefficient (Wildman–Crippen LogP) is 2.80. The predicted molar refractivity (Wildman–Crippen MR) is 80.5 cm³/mol. The van der Waals surface area contributed by atoms with Crippen LogP contribution in [0.25, 0.3) is 0 Å². The molecule has 0 spiro atoms. The van der Waals surface area contributed by atoms with Gasteiger partial charge >= 0.3 is 0 Å². The molecule has 1 saturated carbocycles. The molecule has 19 heavy (non-hydrogen) atoms. The van der Waals surface area contributed by atoms with E-state index in [2.05, 4.69) is 24.1 Å². The Morgan fingerprint density at radius 1 is 1.26 bits per heavy atom. The van der Waals surface area contributed by atoms with Gasteiger partial charge in [-0.25, -0.2) is 0 Å². The fraction of sp³-hybridized carbons (Fsp3) is 1.00. The summed E-state index contributed by atoms with van der Waals surface area (Å²) in [7, 11) is 1.88. The quantitative estimate of drug-likeness (QED) is 0.848. The zero-order valence-electron chi connectivity index (χ0n) is 13.0. The van der Waals surface area contributed by atoms with Crippen LogP contribution in [0.2, 0.25) is 0 Å². The van der Waals surface area contributed by atoms with Gasteiger partial charge in [0.15, 0.2) is 0 Å². The first-order valence-corrected chi connectivity index (χ1v) is 8.26. The van der Waals surface area contributed by atoms with E-state index in [9.17, 15) is 0 Å². The fourth-order valence-electron chi connectivity index (χ4n) is 3.85. The summed E-state index contributed by atoms with van der Waals surface area (Å²) in [4.78, 5) is 2.78. The summed E-state index contributed by atoms with van der Waals surface area (Å²) in [5.74, 6) is 0. The van der Waals surface area contributed by atoms with E-state index in [0.717, 1.165) is 12.1 Å². The summed E-state index contributed by atoms with van der Waals surface area (Å²) in [5.41, 5.74) is 0. The summed E-state index contributed by atoms with van der Waals surface area (Å²) in [6.45, 7) is 7.12. The number of ether oxygens (including phenoxy) is 1. The lowest BCUT2D eigenvalue weighted by Crippen LogP contribution is -2.48. The van der Waals surface area contributed by atoms with Gasteiger partial charge in [0.2, 0.25) is 0 Å². The molecule has 0 aromatic carbocycles. The third-order valence-corrected chi connectivity index (χ3v) is 5.03. The number of rotatable bonds is 4. The van der Waals surface area contributed by atoms with Crippen molar-refractivity contribution in [1.29, 1.82) is 0 Å². The minimum absolute atomic E-state index is 0.492. The Labute approximate surface area is 119 Å². The van der Waals surface area contributed by atoms with Crippen LogP contribution in [0.4, 0.5) is 0 Å². The topological polar surface area (TPSA) is 24.5 Å². The third-order valence-electron chi connectivity index (χ3n) is 5.03. The Kier molecular flexibility index (Phi) is 6.11. The Bertz CT molecular complexity index is 259. The van der Waals surface area contributed by atoms with Gasteiger partial charge in [-0.3, -0.25) is 4.90 Å².